The molecule has 36 heteroatoms. The number of nitrogens with one attached hydrogen (secondary N) is 10. The lowest BCUT2D eigenvalue weighted by Crippen LogP contribution is -2.63. The minimum atomic E-state index is -1.92. The van der Waals surface area contributed by atoms with E-state index in [-0.39, 0.29) is 74.5 Å². The molecule has 9 rings (SSSR count). The van der Waals surface area contributed by atoms with Gasteiger partial charge in [-0.2, -0.15) is 0 Å². The number of amides is 15. The van der Waals surface area contributed by atoms with Crippen LogP contribution in [-0.4, -0.2) is 260 Å². The van der Waals surface area contributed by atoms with Gasteiger partial charge < -0.3 is 93.5 Å². The molecule has 3 heterocycles. The number of thioether (sulfide) groups is 1. The maximum absolute atomic E-state index is 15.6. The number of H-pyrrole nitrogens is 1. The smallest absolute Gasteiger partial charge is 0.305 e. The maximum atomic E-state index is 15.6. The Hall–Kier alpha value is -13.7. The molecular formula is C93H116N16O19S. The standard InChI is InChI=1S/C93H116N16O19S/c1-11-12-30-74-91(126)106(8)55(6)82(117)99-69(47-80(115)116)87(122)104-81(54(4)5)93(128)107(9)75(44-57-25-17-14-18-26-57)88(123)102-70(43-59-34-38-63(111)39-35-59)89(124)105(7)50-78(113)97-68(45-61-48-95-65-29-21-20-28-64(61)65)86(121)101-67(41-58-32-36-62(110)37-33-58)85(120)100-66(40-53(2)3)84(119)103-72(83(118)96-49-77(94)112)51-129-52-79(114)98-71(42-56-23-15-13-16-24-56)90(125)108(10)76-46-60-27-19-22-31-73(60)109(74)92(76)127/h13-29,31-39,48,53-55,66-72,74-76,81,95,110-111H,11-12,30,40-47,49-52H2,1-10H3,(H2,94,112)(H,96,118)(H,97,113)(H,98,114)(H,99,117)(H,100,120)(H,101,121)(H,102,123)(H,103,119)(H,104,122)(H,115,116). The molecule has 0 aliphatic carbocycles. The number of aliphatic carboxylic acids is 1. The van der Waals surface area contributed by atoms with Crippen molar-refractivity contribution < 1.29 is 92.0 Å². The number of carboxylic acid groups (broad SMARTS) is 1. The van der Waals surface area contributed by atoms with Crippen molar-refractivity contribution in [2.45, 2.75) is 185 Å². The first-order valence-corrected chi connectivity index (χ1v) is 44.0. The fraction of sp³-hybridized carbons (Fsp3) is 0.419. The van der Waals surface area contributed by atoms with E-state index in [4.69, 9.17) is 5.73 Å². The zero-order valence-electron chi connectivity index (χ0n) is 73.9. The largest absolute Gasteiger partial charge is 0.508 e. The molecule has 1 saturated heterocycles. The SMILES string of the molecule is CCCCC1C(=O)N(C)C(C)C(=O)NC(CC(=O)O)C(=O)NC(C(C)C)C(=O)N(C)C(Cc2ccccc2)C(=O)NC(Cc2ccc(O)cc2)C(=O)N(C)CC(=O)NC(Cc2c[nH]c3ccccc23)C(=O)NC(Cc2ccc(O)cc2)C(=O)NC(CC(C)C)C(=O)NC(C(=O)NCC(N)=O)CSCC(=O)NC(Cc2ccccc2)C(=O)N(C)C2Cc3ccccc3N1C2=O. The fourth-order valence-electron chi connectivity index (χ4n) is 15.4. The second-order valence-electron chi connectivity index (χ2n) is 33.3. The Morgan fingerprint density at radius 1 is 0.512 bits per heavy atom. The van der Waals surface area contributed by atoms with Crippen LogP contribution in [0.1, 0.15) is 107 Å². The van der Waals surface area contributed by atoms with Crippen LogP contribution >= 0.6 is 11.8 Å². The number of aromatic nitrogens is 1. The average Bonchev–Trinajstić information content (AvgIpc) is 1.06. The lowest BCUT2D eigenvalue weighted by Gasteiger charge is -2.43. The molecule has 688 valence electrons. The van der Waals surface area contributed by atoms with Crippen molar-refractivity contribution in [2.24, 2.45) is 17.6 Å². The third-order valence-corrected chi connectivity index (χ3v) is 23.8. The van der Waals surface area contributed by atoms with Gasteiger partial charge in [0.15, 0.2) is 0 Å². The van der Waals surface area contributed by atoms with E-state index in [1.807, 2.05) is 6.92 Å². The lowest BCUT2D eigenvalue weighted by atomic mass is 9.92. The fourth-order valence-corrected chi connectivity index (χ4v) is 16.3. The molecule has 7 aromatic rings. The molecule has 1 fully saturated rings. The van der Waals surface area contributed by atoms with Gasteiger partial charge in [0, 0.05) is 95.3 Å². The number of hydrogen-bond donors (Lipinski definition) is 14. The number of phenolic OH excluding ortho intramolecular Hbond substituents is 2. The van der Waals surface area contributed by atoms with Gasteiger partial charge >= 0.3 is 5.97 Å². The highest BCUT2D eigenvalue weighted by Crippen LogP contribution is 2.34. The molecule has 6 aromatic carbocycles. The number of unbranched alkanes of at least 4 members (excludes halogenated alkanes) is 1. The van der Waals surface area contributed by atoms with Gasteiger partial charge in [-0.25, -0.2) is 0 Å². The van der Waals surface area contributed by atoms with E-state index in [1.54, 1.807) is 143 Å². The number of nitrogens with zero attached hydrogens (tertiary/aromatic N) is 5. The number of hydrogen-bond acceptors (Lipinski definition) is 19. The minimum Gasteiger partial charge on any atom is -0.508 e. The Balaban J connectivity index is 1.12. The summed E-state index contributed by atoms with van der Waals surface area (Å²) in [6, 6.07) is 23.9. The number of likely N-dealkylation sites (N-methyl/N-ethyl adjacent to an activating group) is 4. The summed E-state index contributed by atoms with van der Waals surface area (Å²) in [7, 11) is 5.22. The second-order valence-corrected chi connectivity index (χ2v) is 34.4. The number of rotatable bonds is 21. The van der Waals surface area contributed by atoms with Gasteiger partial charge in [0.25, 0.3) is 5.91 Å². The lowest BCUT2D eigenvalue weighted by molar-refractivity contribution is -0.146. The van der Waals surface area contributed by atoms with Gasteiger partial charge in [-0.15, -0.1) is 11.8 Å². The molecule has 15 amide bonds. The first kappa shape index (κ1) is 99.1. The number of primary amides is 1. The summed E-state index contributed by atoms with van der Waals surface area (Å²) in [5, 5.41) is 55.8. The van der Waals surface area contributed by atoms with Crippen molar-refractivity contribution in [1.82, 2.24) is 72.4 Å². The first-order valence-electron chi connectivity index (χ1n) is 42.8. The maximum Gasteiger partial charge on any atom is 0.305 e. The number of aromatic amines is 1. The summed E-state index contributed by atoms with van der Waals surface area (Å²) in [4.78, 5) is 245. The summed E-state index contributed by atoms with van der Waals surface area (Å²) >= 11 is 0.833. The molecule has 35 nitrogen and oxygen atoms in total. The van der Waals surface area contributed by atoms with E-state index in [0.717, 1.165) is 26.5 Å². The average molecular weight is 1790 g/mol. The van der Waals surface area contributed by atoms with Crippen LogP contribution in [0.3, 0.4) is 0 Å². The summed E-state index contributed by atoms with van der Waals surface area (Å²) in [6.07, 6.45) is 0.122. The molecule has 2 aliphatic rings. The Morgan fingerprint density at radius 2 is 1.03 bits per heavy atom. The molecule has 0 radical (unpaired) electrons. The van der Waals surface area contributed by atoms with E-state index in [0.29, 0.717) is 62.8 Å². The third-order valence-electron chi connectivity index (χ3n) is 22.7. The van der Waals surface area contributed by atoms with Gasteiger partial charge in [0.05, 0.1) is 25.3 Å². The number of anilines is 1. The van der Waals surface area contributed by atoms with Crippen molar-refractivity contribution in [3.63, 3.8) is 0 Å². The summed E-state index contributed by atoms with van der Waals surface area (Å²) in [5.41, 5.74) is 9.39. The molecule has 12 atom stereocenters. The zero-order valence-corrected chi connectivity index (χ0v) is 74.7. The monoisotopic (exact) mass is 1790 g/mol. The van der Waals surface area contributed by atoms with Gasteiger partial charge in [-0.1, -0.05) is 169 Å². The Bertz CT molecular complexity index is 5180. The van der Waals surface area contributed by atoms with Crippen LogP contribution in [0.4, 0.5) is 5.69 Å². The molecule has 129 heavy (non-hydrogen) atoms. The van der Waals surface area contributed by atoms with Crippen LogP contribution in [0, 0.1) is 11.8 Å². The number of carboxylic acids is 1. The van der Waals surface area contributed by atoms with Crippen LogP contribution in [0.15, 0.2) is 164 Å². The van der Waals surface area contributed by atoms with E-state index in [1.165, 1.54) is 93.4 Å². The number of carbonyl (C=O) groups is 16. The van der Waals surface area contributed by atoms with Crippen LogP contribution in [0.2, 0.25) is 0 Å². The number of phenols is 2. The number of para-hydroxylation sites is 2. The van der Waals surface area contributed by atoms with Crippen LogP contribution in [0.5, 0.6) is 11.5 Å². The van der Waals surface area contributed by atoms with Crippen molar-refractivity contribution in [2.75, 3.05) is 57.7 Å². The third kappa shape index (κ3) is 27.7. The van der Waals surface area contributed by atoms with Gasteiger partial charge in [0.1, 0.15) is 84.0 Å². The minimum absolute atomic E-state index is 0.0152. The Labute approximate surface area is 752 Å². The van der Waals surface area contributed by atoms with Crippen molar-refractivity contribution in [1.29, 1.82) is 0 Å². The number of benzene rings is 6. The molecule has 12 unspecified atom stereocenters. The van der Waals surface area contributed by atoms with E-state index in [2.05, 4.69) is 52.8 Å². The first-order chi connectivity index (χ1) is 61.4. The van der Waals surface area contributed by atoms with Crippen molar-refractivity contribution >= 4 is 123 Å². The van der Waals surface area contributed by atoms with E-state index < -0.39 is 198 Å². The second kappa shape index (κ2) is 46.7. The normalized spacial score (nSPS) is 22.7. The number of fused-ring (bicyclic) bond motifs is 5. The van der Waals surface area contributed by atoms with E-state index in [9.17, 15) is 53.7 Å². The number of nitrogens with two attached hydrogens (primary N) is 1. The summed E-state index contributed by atoms with van der Waals surface area (Å²) in [5.74, 6) is -17.4. The zero-order chi connectivity index (χ0) is 94.0. The van der Waals surface area contributed by atoms with Gasteiger partial charge in [0.2, 0.25) is 82.7 Å². The highest BCUT2D eigenvalue weighted by molar-refractivity contribution is 8.00. The Morgan fingerprint density at radius 3 is 1.63 bits per heavy atom. The van der Waals surface area contributed by atoms with Crippen LogP contribution in [-0.2, 0) is 115 Å². The van der Waals surface area contributed by atoms with Gasteiger partial charge in [-0.05, 0) is 101 Å². The Kier molecular flexibility index (Phi) is 35.9. The summed E-state index contributed by atoms with van der Waals surface area (Å²) in [6.45, 7) is 8.33. The topological polar surface area (TPSA) is 500 Å². The van der Waals surface area contributed by atoms with Gasteiger partial charge in [-0.3, -0.25) is 81.6 Å². The predicted octanol–water partition coefficient (Wildman–Crippen LogP) is 2.60. The highest BCUT2D eigenvalue weighted by Gasteiger charge is 2.46. The molecular weight excluding hydrogens is 1680 g/mol. The van der Waals surface area contributed by atoms with Crippen molar-refractivity contribution in [3.8, 4) is 11.5 Å². The molecule has 2 bridgehead atoms. The van der Waals surface area contributed by atoms with E-state index >= 15 is 38.4 Å². The number of aromatic hydroxyl groups is 2. The molecule has 1 aromatic heterocycles. The molecule has 0 spiro atoms. The predicted molar refractivity (Wildman–Crippen MR) is 481 cm³/mol. The van der Waals surface area contributed by atoms with Crippen molar-refractivity contribution in [3.05, 3.63) is 197 Å². The molecule has 15 N–H and O–H groups in total. The van der Waals surface area contributed by atoms with Crippen LogP contribution in [0.25, 0.3) is 10.9 Å². The molecule has 0 saturated carbocycles. The number of carbonyl (C=O) groups excluding carboxylic acids is 15. The highest BCUT2D eigenvalue weighted by atomic mass is 32.2. The quantitative estimate of drug-likeness (QED) is 0.0492. The molecule has 2 aliphatic heterocycles. The summed E-state index contributed by atoms with van der Waals surface area (Å²) < 4.78 is 0. The van der Waals surface area contributed by atoms with Crippen LogP contribution < -0.4 is 58.5 Å².